The van der Waals surface area contributed by atoms with Gasteiger partial charge in [-0.2, -0.15) is 0 Å². The van der Waals surface area contributed by atoms with Gasteiger partial charge < -0.3 is 0 Å². The van der Waals surface area contributed by atoms with E-state index in [1.54, 1.807) is 0 Å². The lowest BCUT2D eigenvalue weighted by Gasteiger charge is -2.18. The van der Waals surface area contributed by atoms with E-state index in [0.29, 0.717) is 17.4 Å². The van der Waals surface area contributed by atoms with E-state index >= 15 is 0 Å². The summed E-state index contributed by atoms with van der Waals surface area (Å²) in [6.07, 6.45) is 2.34. The average Bonchev–Trinajstić information content (AvgIpc) is 2.89. The third kappa shape index (κ3) is 2.13. The van der Waals surface area contributed by atoms with Crippen LogP contribution < -0.4 is 11.3 Å². The van der Waals surface area contributed by atoms with E-state index in [9.17, 15) is 0 Å². The van der Waals surface area contributed by atoms with Crippen molar-refractivity contribution in [1.29, 1.82) is 0 Å². The van der Waals surface area contributed by atoms with Crippen molar-refractivity contribution in [1.82, 2.24) is 5.43 Å². The zero-order valence-corrected chi connectivity index (χ0v) is 10.5. The van der Waals surface area contributed by atoms with Crippen molar-refractivity contribution < 1.29 is 0 Å². The first-order valence-electron chi connectivity index (χ1n) is 6.13. The summed E-state index contributed by atoms with van der Waals surface area (Å²) in [4.78, 5) is 0. The molecule has 2 nitrogen and oxygen atoms in total. The smallest absolute Gasteiger partial charge is 0.0493 e. The molecule has 88 valence electrons. The minimum absolute atomic E-state index is 0.307. The van der Waals surface area contributed by atoms with Crippen LogP contribution in [0.5, 0.6) is 0 Å². The molecule has 2 rings (SSSR count). The number of benzene rings is 1. The number of nitrogens with two attached hydrogens (primary N) is 1. The summed E-state index contributed by atoms with van der Waals surface area (Å²) in [7, 11) is 0. The Balaban J connectivity index is 2.20. The first kappa shape index (κ1) is 11.6. The highest BCUT2D eigenvalue weighted by Crippen LogP contribution is 2.57. The Bertz CT molecular complexity index is 371. The number of hydrogen-bond acceptors (Lipinski definition) is 2. The van der Waals surface area contributed by atoms with Crippen molar-refractivity contribution in [2.24, 2.45) is 17.2 Å². The van der Waals surface area contributed by atoms with Gasteiger partial charge >= 0.3 is 0 Å². The van der Waals surface area contributed by atoms with Gasteiger partial charge in [0.05, 0.1) is 0 Å². The van der Waals surface area contributed by atoms with Gasteiger partial charge in [0.25, 0.3) is 0 Å². The quantitative estimate of drug-likeness (QED) is 0.602. The molecule has 0 bridgehead atoms. The van der Waals surface area contributed by atoms with Crippen molar-refractivity contribution in [2.45, 2.75) is 39.7 Å². The summed E-state index contributed by atoms with van der Waals surface area (Å²) in [5.41, 5.74) is 6.15. The highest BCUT2D eigenvalue weighted by Gasteiger charge is 2.50. The van der Waals surface area contributed by atoms with Gasteiger partial charge in [0.2, 0.25) is 0 Å². The van der Waals surface area contributed by atoms with Crippen molar-refractivity contribution in [3.63, 3.8) is 0 Å². The molecular weight excluding hydrogens is 196 g/mol. The van der Waals surface area contributed by atoms with Crippen molar-refractivity contribution in [2.75, 3.05) is 0 Å². The maximum Gasteiger partial charge on any atom is 0.0493 e. The van der Waals surface area contributed by atoms with Crippen LogP contribution in [0.15, 0.2) is 24.3 Å². The van der Waals surface area contributed by atoms with Gasteiger partial charge in [-0.15, -0.1) is 0 Å². The minimum atomic E-state index is 0.307. The Morgan fingerprint density at radius 3 is 2.69 bits per heavy atom. The fraction of sp³-hybridized carbons (Fsp3) is 0.571. The van der Waals surface area contributed by atoms with E-state index in [1.165, 1.54) is 17.5 Å². The zero-order chi connectivity index (χ0) is 11.8. The van der Waals surface area contributed by atoms with Crippen LogP contribution in [0.3, 0.4) is 0 Å². The Morgan fingerprint density at radius 1 is 1.50 bits per heavy atom. The van der Waals surface area contributed by atoms with Gasteiger partial charge in [0.15, 0.2) is 0 Å². The molecule has 1 aromatic rings. The number of hydrazine groups is 1. The molecule has 0 radical (unpaired) electrons. The van der Waals surface area contributed by atoms with Crippen molar-refractivity contribution in [3.8, 4) is 0 Å². The second-order valence-corrected chi connectivity index (χ2v) is 5.54. The summed E-state index contributed by atoms with van der Waals surface area (Å²) in [5, 5.41) is 0. The van der Waals surface area contributed by atoms with Gasteiger partial charge in [-0.05, 0) is 35.3 Å². The molecule has 0 saturated heterocycles. The lowest BCUT2D eigenvalue weighted by Crippen LogP contribution is -2.30. The Labute approximate surface area is 98.2 Å². The van der Waals surface area contributed by atoms with Crippen molar-refractivity contribution in [3.05, 3.63) is 35.4 Å². The molecule has 2 heteroatoms. The summed E-state index contributed by atoms with van der Waals surface area (Å²) in [5.74, 6) is 6.38. The molecule has 0 heterocycles. The lowest BCUT2D eigenvalue weighted by atomic mass is 9.96. The predicted octanol–water partition coefficient (Wildman–Crippen LogP) is 2.80. The summed E-state index contributed by atoms with van der Waals surface area (Å²) < 4.78 is 0. The van der Waals surface area contributed by atoms with Crippen LogP contribution in [0, 0.1) is 11.3 Å². The fourth-order valence-corrected chi connectivity index (χ4v) is 2.53. The molecule has 0 aromatic heterocycles. The Hall–Kier alpha value is -0.860. The number of aryl methyl sites for hydroxylation is 1. The predicted molar refractivity (Wildman–Crippen MR) is 67.8 cm³/mol. The molecule has 1 saturated carbocycles. The van der Waals surface area contributed by atoms with E-state index < -0.39 is 0 Å². The van der Waals surface area contributed by atoms with E-state index in [1.807, 2.05) is 0 Å². The van der Waals surface area contributed by atoms with Crippen LogP contribution in [-0.2, 0) is 6.42 Å². The van der Waals surface area contributed by atoms with E-state index in [0.717, 1.165) is 6.42 Å². The van der Waals surface area contributed by atoms with E-state index in [-0.39, 0.29) is 0 Å². The molecule has 1 fully saturated rings. The molecule has 1 aromatic carbocycles. The van der Waals surface area contributed by atoms with Gasteiger partial charge in [-0.25, -0.2) is 0 Å². The summed E-state index contributed by atoms with van der Waals surface area (Å²) >= 11 is 0. The maximum atomic E-state index is 5.71. The van der Waals surface area contributed by atoms with Gasteiger partial charge in [-0.1, -0.05) is 45.0 Å². The molecule has 0 amide bonds. The second kappa shape index (κ2) is 4.19. The fourth-order valence-electron chi connectivity index (χ4n) is 2.53. The van der Waals surface area contributed by atoms with Crippen LogP contribution >= 0.6 is 0 Å². The molecule has 2 atom stereocenters. The van der Waals surface area contributed by atoms with Crippen LogP contribution in [0.1, 0.15) is 44.4 Å². The molecular formula is C14H22N2. The maximum absolute atomic E-state index is 5.71. The van der Waals surface area contributed by atoms with Crippen LogP contribution in [0.4, 0.5) is 0 Å². The summed E-state index contributed by atoms with van der Waals surface area (Å²) in [6.45, 7) is 6.81. The van der Waals surface area contributed by atoms with E-state index in [2.05, 4.69) is 50.5 Å². The average molecular weight is 218 g/mol. The van der Waals surface area contributed by atoms with Crippen LogP contribution in [-0.4, -0.2) is 0 Å². The highest BCUT2D eigenvalue weighted by molar-refractivity contribution is 5.28. The second-order valence-electron chi connectivity index (χ2n) is 5.54. The zero-order valence-electron chi connectivity index (χ0n) is 10.5. The third-order valence-corrected chi connectivity index (χ3v) is 3.89. The topological polar surface area (TPSA) is 38.0 Å². The van der Waals surface area contributed by atoms with E-state index in [4.69, 9.17) is 5.84 Å². The van der Waals surface area contributed by atoms with Gasteiger partial charge in [0.1, 0.15) is 0 Å². The Kier molecular flexibility index (Phi) is 3.04. The lowest BCUT2D eigenvalue weighted by molar-refractivity contribution is 0.423. The SMILES string of the molecule is CCc1cccc(C(NN)C2CC2(C)C)c1. The van der Waals surface area contributed by atoms with Crippen molar-refractivity contribution >= 4 is 0 Å². The largest absolute Gasteiger partial charge is 0.271 e. The van der Waals surface area contributed by atoms with Gasteiger partial charge in [0, 0.05) is 6.04 Å². The van der Waals surface area contributed by atoms with Gasteiger partial charge in [-0.3, -0.25) is 11.3 Å². The molecule has 0 aliphatic heterocycles. The molecule has 2 unspecified atom stereocenters. The normalized spacial score (nSPS) is 24.1. The monoisotopic (exact) mass is 218 g/mol. The van der Waals surface area contributed by atoms with Crippen LogP contribution in [0.2, 0.25) is 0 Å². The third-order valence-electron chi connectivity index (χ3n) is 3.89. The molecule has 1 aliphatic rings. The first-order valence-corrected chi connectivity index (χ1v) is 6.13. The van der Waals surface area contributed by atoms with Crippen LogP contribution in [0.25, 0.3) is 0 Å². The first-order chi connectivity index (χ1) is 7.58. The highest BCUT2D eigenvalue weighted by atomic mass is 15.2. The Morgan fingerprint density at radius 2 is 2.19 bits per heavy atom. The molecule has 16 heavy (non-hydrogen) atoms. The minimum Gasteiger partial charge on any atom is -0.271 e. The number of nitrogens with one attached hydrogen (secondary N) is 1. The summed E-state index contributed by atoms with van der Waals surface area (Å²) in [6, 6.07) is 9.07. The molecule has 0 spiro atoms. The number of rotatable bonds is 4. The molecule has 1 aliphatic carbocycles. The molecule has 3 N–H and O–H groups in total. The number of hydrogen-bond donors (Lipinski definition) is 2. The standard InChI is InChI=1S/C14H22N2/c1-4-10-6-5-7-11(8-10)13(16-15)12-9-14(12,2)3/h5-8,12-13,16H,4,9,15H2,1-3H3.